The molecular weight excluding hydrogens is 218 g/mol. The number of hydrogen-bond donors (Lipinski definition) is 1. The Bertz CT molecular complexity index is 713. The molecule has 1 aliphatic rings. The van der Waals surface area contributed by atoms with Crippen LogP contribution in [-0.2, 0) is 0 Å². The maximum Gasteiger partial charge on any atom is 0.259 e. The second-order valence-corrected chi connectivity index (χ2v) is 3.80. The van der Waals surface area contributed by atoms with Gasteiger partial charge >= 0.3 is 0 Å². The Kier molecular flexibility index (Phi) is 1.86. The molecule has 0 saturated carbocycles. The highest BCUT2D eigenvalue weighted by atomic mass is 16.2. The number of H-pyrrole nitrogens is 1. The fourth-order valence-corrected chi connectivity index (χ4v) is 2.05. The number of aromatic amines is 1. The summed E-state index contributed by atoms with van der Waals surface area (Å²) >= 11 is 0. The maximum atomic E-state index is 12.1. The summed E-state index contributed by atoms with van der Waals surface area (Å²) in [5, 5.41) is 0. The summed E-state index contributed by atoms with van der Waals surface area (Å²) < 4.78 is 0. The highest BCUT2D eigenvalue weighted by Gasteiger charge is 2.31. The van der Waals surface area contributed by atoms with Gasteiger partial charge in [0.15, 0.2) is 11.6 Å². The fraction of sp³-hybridized carbons (Fsp3) is 0. The van der Waals surface area contributed by atoms with E-state index in [1.54, 1.807) is 24.3 Å². The number of carbonyl (C=O) groups is 2. The molecule has 0 bridgehead atoms. The van der Waals surface area contributed by atoms with E-state index in [2.05, 4.69) is 4.98 Å². The van der Waals surface area contributed by atoms with Gasteiger partial charge in [-0.05, 0) is 6.07 Å². The minimum atomic E-state index is -0.518. The van der Waals surface area contributed by atoms with Crippen LogP contribution in [0.3, 0.4) is 0 Å². The smallest absolute Gasteiger partial charge is 0.259 e. The van der Waals surface area contributed by atoms with Crippen molar-refractivity contribution in [2.45, 2.75) is 0 Å². The largest absolute Gasteiger partial charge is 0.328 e. The summed E-state index contributed by atoms with van der Waals surface area (Å²) in [6, 6.07) is 7.99. The van der Waals surface area contributed by atoms with Crippen molar-refractivity contribution in [1.29, 1.82) is 0 Å². The van der Waals surface area contributed by atoms with Gasteiger partial charge in [0.25, 0.3) is 5.56 Å². The average Bonchev–Trinajstić information content (AvgIpc) is 2.36. The molecule has 1 aromatic heterocycles. The molecule has 0 aliphatic heterocycles. The zero-order chi connectivity index (χ0) is 12.0. The number of nitrogens with one attached hydrogen (secondary N) is 1. The van der Waals surface area contributed by atoms with Crippen LogP contribution in [0, 0.1) is 0 Å². The lowest BCUT2D eigenvalue weighted by atomic mass is 9.85. The lowest BCUT2D eigenvalue weighted by Crippen LogP contribution is -2.28. The molecule has 1 aromatic carbocycles. The Morgan fingerprint density at radius 2 is 1.41 bits per heavy atom. The summed E-state index contributed by atoms with van der Waals surface area (Å²) in [6.07, 6.45) is 1.38. The Morgan fingerprint density at radius 3 is 2.12 bits per heavy atom. The first-order valence-corrected chi connectivity index (χ1v) is 5.10. The molecule has 1 heterocycles. The molecule has 0 atom stereocenters. The Morgan fingerprint density at radius 1 is 0.765 bits per heavy atom. The second-order valence-electron chi connectivity index (χ2n) is 3.80. The summed E-state index contributed by atoms with van der Waals surface area (Å²) in [7, 11) is 0. The number of hydrogen-bond acceptors (Lipinski definition) is 3. The predicted molar refractivity (Wildman–Crippen MR) is 60.4 cm³/mol. The van der Waals surface area contributed by atoms with Crippen LogP contribution in [0.4, 0.5) is 0 Å². The quantitative estimate of drug-likeness (QED) is 0.624. The number of carbonyl (C=O) groups excluding carboxylic acids is 2. The minimum absolute atomic E-state index is 0.0591. The fourth-order valence-electron chi connectivity index (χ4n) is 2.05. The molecule has 1 aliphatic carbocycles. The molecule has 4 heteroatoms. The van der Waals surface area contributed by atoms with Gasteiger partial charge in [0, 0.05) is 22.9 Å². The van der Waals surface area contributed by atoms with Crippen LogP contribution in [-0.4, -0.2) is 16.6 Å². The number of aromatic nitrogens is 1. The van der Waals surface area contributed by atoms with Gasteiger partial charge in [-0.25, -0.2) is 0 Å². The van der Waals surface area contributed by atoms with Gasteiger partial charge in [-0.1, -0.05) is 24.3 Å². The molecular formula is C13H7NO3. The van der Waals surface area contributed by atoms with Crippen molar-refractivity contribution >= 4 is 11.6 Å². The molecule has 4 nitrogen and oxygen atoms in total. The Labute approximate surface area is 95.9 Å². The van der Waals surface area contributed by atoms with E-state index in [-0.39, 0.29) is 16.9 Å². The van der Waals surface area contributed by atoms with E-state index in [9.17, 15) is 14.4 Å². The van der Waals surface area contributed by atoms with E-state index < -0.39 is 11.3 Å². The molecule has 0 amide bonds. The van der Waals surface area contributed by atoms with Crippen LogP contribution in [0.25, 0.3) is 0 Å². The van der Waals surface area contributed by atoms with Crippen LogP contribution in [0.2, 0.25) is 0 Å². The topological polar surface area (TPSA) is 67.0 Å². The van der Waals surface area contributed by atoms with Gasteiger partial charge < -0.3 is 4.98 Å². The third-order valence-electron chi connectivity index (χ3n) is 2.85. The van der Waals surface area contributed by atoms with E-state index in [1.807, 2.05) is 0 Å². The molecule has 82 valence electrons. The van der Waals surface area contributed by atoms with E-state index in [0.29, 0.717) is 11.1 Å². The first-order valence-electron chi connectivity index (χ1n) is 5.10. The average molecular weight is 225 g/mol. The third-order valence-corrected chi connectivity index (χ3v) is 2.85. The summed E-state index contributed by atoms with van der Waals surface area (Å²) in [5.41, 5.74) is 0.251. The highest BCUT2D eigenvalue weighted by Crippen LogP contribution is 2.24. The van der Waals surface area contributed by atoms with Gasteiger partial charge in [-0.2, -0.15) is 0 Å². The van der Waals surface area contributed by atoms with Crippen molar-refractivity contribution in [2.24, 2.45) is 0 Å². The van der Waals surface area contributed by atoms with Gasteiger partial charge in [0.1, 0.15) is 0 Å². The first kappa shape index (κ1) is 9.72. The van der Waals surface area contributed by atoms with E-state index in [0.717, 1.165) is 0 Å². The van der Waals surface area contributed by atoms with Crippen LogP contribution in [0.1, 0.15) is 31.8 Å². The van der Waals surface area contributed by atoms with Crippen molar-refractivity contribution in [2.75, 3.05) is 0 Å². The van der Waals surface area contributed by atoms with Crippen LogP contribution in [0.5, 0.6) is 0 Å². The number of ketones is 2. The van der Waals surface area contributed by atoms with Crippen LogP contribution >= 0.6 is 0 Å². The van der Waals surface area contributed by atoms with Crippen molar-refractivity contribution in [1.82, 2.24) is 4.98 Å². The molecule has 0 saturated heterocycles. The van der Waals surface area contributed by atoms with Crippen LogP contribution < -0.4 is 5.56 Å². The monoisotopic (exact) mass is 225 g/mol. The standard InChI is InChI=1S/C13H7NO3/c15-11-7-3-1-2-4-8(7)12(16)10-9(11)5-6-14-13(10)17/h1-6H,(H,14,17). The minimum Gasteiger partial charge on any atom is -0.328 e. The van der Waals surface area contributed by atoms with E-state index >= 15 is 0 Å². The highest BCUT2D eigenvalue weighted by molar-refractivity contribution is 6.28. The third kappa shape index (κ3) is 1.21. The zero-order valence-corrected chi connectivity index (χ0v) is 8.69. The van der Waals surface area contributed by atoms with Crippen molar-refractivity contribution in [3.63, 3.8) is 0 Å². The molecule has 3 rings (SSSR count). The van der Waals surface area contributed by atoms with Crippen LogP contribution in [0.15, 0.2) is 41.3 Å². The lowest BCUT2D eigenvalue weighted by Gasteiger charge is -2.15. The first-order chi connectivity index (χ1) is 8.20. The molecule has 17 heavy (non-hydrogen) atoms. The SMILES string of the molecule is O=C1c2ccccc2C(=O)c2c1cc[nH]c2=O. The Balaban J connectivity index is 2.41. The molecule has 0 unspecified atom stereocenters. The molecule has 0 radical (unpaired) electrons. The van der Waals surface area contributed by atoms with E-state index in [1.165, 1.54) is 12.3 Å². The summed E-state index contributed by atoms with van der Waals surface area (Å²) in [5.74, 6) is -0.668. The molecule has 2 aromatic rings. The number of pyridine rings is 1. The number of benzene rings is 1. The zero-order valence-electron chi connectivity index (χ0n) is 8.69. The molecule has 0 spiro atoms. The predicted octanol–water partition coefficient (Wildman–Crippen LogP) is 1.15. The Hall–Kier alpha value is -2.49. The normalized spacial score (nSPS) is 13.2. The number of rotatable bonds is 0. The second kappa shape index (κ2) is 3.25. The molecule has 1 N–H and O–H groups in total. The lowest BCUT2D eigenvalue weighted by molar-refractivity contribution is 0.0977. The maximum absolute atomic E-state index is 12.1. The number of fused-ring (bicyclic) bond motifs is 2. The summed E-state index contributed by atoms with van der Waals surface area (Å²) in [4.78, 5) is 38.2. The van der Waals surface area contributed by atoms with Gasteiger partial charge in [0.05, 0.1) is 5.56 Å². The van der Waals surface area contributed by atoms with Gasteiger partial charge in [-0.15, -0.1) is 0 Å². The van der Waals surface area contributed by atoms with Crippen molar-refractivity contribution < 1.29 is 9.59 Å². The van der Waals surface area contributed by atoms with Crippen molar-refractivity contribution in [3.8, 4) is 0 Å². The van der Waals surface area contributed by atoms with Crippen molar-refractivity contribution in [3.05, 3.63) is 69.1 Å². The van der Waals surface area contributed by atoms with E-state index in [4.69, 9.17) is 0 Å². The van der Waals surface area contributed by atoms with Gasteiger partial charge in [0.2, 0.25) is 0 Å². The van der Waals surface area contributed by atoms with Gasteiger partial charge in [-0.3, -0.25) is 14.4 Å². The molecule has 0 fully saturated rings. The summed E-state index contributed by atoms with van der Waals surface area (Å²) in [6.45, 7) is 0.